The normalized spacial score (nSPS) is 12.4. The topological polar surface area (TPSA) is 56.8 Å². The number of alkyl carbamates (subject to hydrolysis) is 1. The van der Waals surface area contributed by atoms with E-state index in [1.807, 2.05) is 12.1 Å². The van der Waals surface area contributed by atoms with Crippen molar-refractivity contribution >= 4 is 6.09 Å². The largest absolute Gasteiger partial charge is 0.449 e. The van der Waals surface area contributed by atoms with Gasteiger partial charge in [-0.15, -0.1) is 0 Å². The molecule has 0 saturated heterocycles. The molecule has 1 aliphatic rings. The van der Waals surface area contributed by atoms with Gasteiger partial charge in [-0.3, -0.25) is 0 Å². The molecule has 0 atom stereocenters. The molecular formula is C32H47NO4. The van der Waals surface area contributed by atoms with Crippen LogP contribution in [0.2, 0.25) is 0 Å². The highest BCUT2D eigenvalue weighted by atomic mass is 16.5. The van der Waals surface area contributed by atoms with Crippen molar-refractivity contribution in [2.45, 2.75) is 83.5 Å². The number of rotatable bonds is 20. The van der Waals surface area contributed by atoms with Crippen LogP contribution in [0.4, 0.5) is 4.79 Å². The maximum Gasteiger partial charge on any atom is 0.407 e. The van der Waals surface area contributed by atoms with Gasteiger partial charge in [0.2, 0.25) is 0 Å². The fourth-order valence-corrected chi connectivity index (χ4v) is 5.07. The average Bonchev–Trinajstić information content (AvgIpc) is 3.25. The standard InChI is InChI=1S/C32H47NO4/c1-2-3-4-5-6-7-8-9-10-11-16-22-35-24-25-36-23-21-33-32(34)37-26-31-29-19-14-12-17-27(29)28-18-13-15-20-30(28)31/h12-15,17-20,31H,2-11,16,21-26H2,1H3,(H,33,34). The molecule has 0 aromatic heterocycles. The van der Waals surface area contributed by atoms with E-state index in [2.05, 4.69) is 48.6 Å². The van der Waals surface area contributed by atoms with Crippen LogP contribution < -0.4 is 5.32 Å². The van der Waals surface area contributed by atoms with E-state index < -0.39 is 6.09 Å². The minimum Gasteiger partial charge on any atom is -0.449 e. The summed E-state index contributed by atoms with van der Waals surface area (Å²) in [4.78, 5) is 12.2. The number of nitrogens with one attached hydrogen (secondary N) is 1. The van der Waals surface area contributed by atoms with Crippen molar-refractivity contribution in [1.29, 1.82) is 0 Å². The van der Waals surface area contributed by atoms with Crippen molar-refractivity contribution in [2.75, 3.05) is 39.6 Å². The summed E-state index contributed by atoms with van der Waals surface area (Å²) in [5, 5.41) is 2.78. The summed E-state index contributed by atoms with van der Waals surface area (Å²) in [6.07, 6.45) is 14.4. The Bertz CT molecular complexity index is 854. The highest BCUT2D eigenvalue weighted by Crippen LogP contribution is 2.44. The zero-order chi connectivity index (χ0) is 26.0. The molecule has 1 amide bonds. The van der Waals surface area contributed by atoms with Crippen LogP contribution in [-0.4, -0.2) is 45.7 Å². The number of amides is 1. The number of carbonyl (C=O) groups is 1. The van der Waals surface area contributed by atoms with E-state index in [0.29, 0.717) is 33.0 Å². The minimum absolute atomic E-state index is 0.0758. The Kier molecular flexibility index (Phi) is 14.2. The average molecular weight is 510 g/mol. The van der Waals surface area contributed by atoms with Gasteiger partial charge in [-0.05, 0) is 28.7 Å². The van der Waals surface area contributed by atoms with Crippen molar-refractivity contribution in [3.63, 3.8) is 0 Å². The summed E-state index contributed by atoms with van der Waals surface area (Å²) in [5.41, 5.74) is 4.89. The predicted octanol–water partition coefficient (Wildman–Crippen LogP) is 7.87. The molecule has 1 N–H and O–H groups in total. The van der Waals surface area contributed by atoms with Crippen molar-refractivity contribution in [2.24, 2.45) is 0 Å². The van der Waals surface area contributed by atoms with Crippen LogP contribution in [0.25, 0.3) is 11.1 Å². The van der Waals surface area contributed by atoms with Gasteiger partial charge < -0.3 is 19.5 Å². The smallest absolute Gasteiger partial charge is 0.407 e. The first kappa shape index (κ1) is 29.2. The number of carbonyl (C=O) groups excluding carboxylic acids is 1. The Morgan fingerprint density at radius 2 is 1.19 bits per heavy atom. The molecule has 0 spiro atoms. The summed E-state index contributed by atoms with van der Waals surface area (Å²) < 4.78 is 16.8. The van der Waals surface area contributed by atoms with Gasteiger partial charge in [-0.2, -0.15) is 0 Å². The molecule has 0 heterocycles. The molecule has 0 aliphatic heterocycles. The number of benzene rings is 2. The quantitative estimate of drug-likeness (QED) is 0.185. The van der Waals surface area contributed by atoms with E-state index in [9.17, 15) is 4.79 Å². The lowest BCUT2D eigenvalue weighted by atomic mass is 9.98. The third-order valence-electron chi connectivity index (χ3n) is 7.12. The van der Waals surface area contributed by atoms with Crippen LogP contribution in [0.5, 0.6) is 0 Å². The van der Waals surface area contributed by atoms with Gasteiger partial charge in [-0.25, -0.2) is 4.79 Å². The number of ether oxygens (including phenoxy) is 3. The molecule has 5 heteroatoms. The van der Waals surface area contributed by atoms with Crippen molar-refractivity contribution < 1.29 is 19.0 Å². The number of hydrogen-bond donors (Lipinski definition) is 1. The maximum atomic E-state index is 12.2. The van der Waals surface area contributed by atoms with Gasteiger partial charge in [0, 0.05) is 19.1 Å². The number of hydrogen-bond acceptors (Lipinski definition) is 4. The van der Waals surface area contributed by atoms with E-state index in [1.165, 1.54) is 86.5 Å². The van der Waals surface area contributed by atoms with Crippen LogP contribution in [-0.2, 0) is 14.2 Å². The Morgan fingerprint density at radius 1 is 0.676 bits per heavy atom. The molecule has 5 nitrogen and oxygen atoms in total. The molecule has 1 aliphatic carbocycles. The molecule has 0 unspecified atom stereocenters. The van der Waals surface area contributed by atoms with Crippen LogP contribution in [0.15, 0.2) is 48.5 Å². The van der Waals surface area contributed by atoms with Crippen LogP contribution in [0.3, 0.4) is 0 Å². The lowest BCUT2D eigenvalue weighted by Gasteiger charge is -2.14. The van der Waals surface area contributed by atoms with E-state index in [0.717, 1.165) is 13.0 Å². The summed E-state index contributed by atoms with van der Waals surface area (Å²) in [6, 6.07) is 16.7. The zero-order valence-electron chi connectivity index (χ0n) is 22.8. The van der Waals surface area contributed by atoms with Gasteiger partial charge in [-0.1, -0.05) is 120 Å². The highest BCUT2D eigenvalue weighted by molar-refractivity contribution is 5.79. The number of unbranched alkanes of at least 4 members (excludes halogenated alkanes) is 10. The second-order valence-electron chi connectivity index (χ2n) is 10.0. The molecule has 2 aromatic carbocycles. The Morgan fingerprint density at radius 3 is 1.78 bits per heavy atom. The van der Waals surface area contributed by atoms with Crippen molar-refractivity contribution in [1.82, 2.24) is 5.32 Å². The molecule has 0 radical (unpaired) electrons. The van der Waals surface area contributed by atoms with Gasteiger partial charge in [0.1, 0.15) is 6.61 Å². The Hall–Kier alpha value is -2.37. The second kappa shape index (κ2) is 18.0. The Labute approximate surface area is 224 Å². The summed E-state index contributed by atoms with van der Waals surface area (Å²) in [5.74, 6) is 0.0758. The van der Waals surface area contributed by atoms with Crippen LogP contribution >= 0.6 is 0 Å². The molecule has 0 bridgehead atoms. The Balaban J connectivity index is 1.12. The van der Waals surface area contributed by atoms with E-state index in [4.69, 9.17) is 14.2 Å². The molecular weight excluding hydrogens is 462 g/mol. The summed E-state index contributed by atoms with van der Waals surface area (Å²) in [7, 11) is 0. The molecule has 204 valence electrons. The van der Waals surface area contributed by atoms with E-state index >= 15 is 0 Å². The number of fused-ring (bicyclic) bond motifs is 3. The lowest BCUT2D eigenvalue weighted by molar-refractivity contribution is 0.0468. The van der Waals surface area contributed by atoms with Crippen molar-refractivity contribution in [3.05, 3.63) is 59.7 Å². The molecule has 2 aromatic rings. The first-order chi connectivity index (χ1) is 18.3. The molecule has 0 fully saturated rings. The van der Waals surface area contributed by atoms with Crippen LogP contribution in [0.1, 0.15) is 94.6 Å². The second-order valence-corrected chi connectivity index (χ2v) is 10.0. The zero-order valence-corrected chi connectivity index (χ0v) is 22.8. The van der Waals surface area contributed by atoms with Gasteiger partial charge in [0.05, 0.1) is 19.8 Å². The third kappa shape index (κ3) is 10.5. The molecule has 3 rings (SSSR count). The third-order valence-corrected chi connectivity index (χ3v) is 7.12. The van der Waals surface area contributed by atoms with Gasteiger partial charge in [0.25, 0.3) is 0 Å². The predicted molar refractivity (Wildman–Crippen MR) is 151 cm³/mol. The first-order valence-electron chi connectivity index (χ1n) is 14.6. The van der Waals surface area contributed by atoms with Gasteiger partial charge in [0.15, 0.2) is 0 Å². The van der Waals surface area contributed by atoms with Gasteiger partial charge >= 0.3 is 6.09 Å². The lowest BCUT2D eigenvalue weighted by Crippen LogP contribution is -2.29. The minimum atomic E-state index is -0.404. The SMILES string of the molecule is CCCCCCCCCCCCCOCCOCCNC(=O)OCC1c2ccccc2-c2ccccc21. The molecule has 0 saturated carbocycles. The maximum absolute atomic E-state index is 12.2. The van der Waals surface area contributed by atoms with E-state index in [-0.39, 0.29) is 5.92 Å². The first-order valence-corrected chi connectivity index (χ1v) is 14.6. The molecule has 37 heavy (non-hydrogen) atoms. The highest BCUT2D eigenvalue weighted by Gasteiger charge is 2.28. The summed E-state index contributed by atoms with van der Waals surface area (Å²) >= 11 is 0. The fourth-order valence-electron chi connectivity index (χ4n) is 5.07. The van der Waals surface area contributed by atoms with Crippen molar-refractivity contribution in [3.8, 4) is 11.1 Å². The monoisotopic (exact) mass is 509 g/mol. The summed E-state index contributed by atoms with van der Waals surface area (Å²) in [6.45, 7) is 5.42. The van der Waals surface area contributed by atoms with E-state index in [1.54, 1.807) is 0 Å². The fraction of sp³-hybridized carbons (Fsp3) is 0.594. The van der Waals surface area contributed by atoms with Crippen LogP contribution in [0, 0.1) is 0 Å².